The summed E-state index contributed by atoms with van der Waals surface area (Å²) >= 11 is 0. The highest BCUT2D eigenvalue weighted by Crippen LogP contribution is 2.31. The fraction of sp³-hybridized carbons (Fsp3) is 0.640. The average molecular weight is 482 g/mol. The van der Waals surface area contributed by atoms with Crippen molar-refractivity contribution in [2.45, 2.75) is 104 Å². The van der Waals surface area contributed by atoms with Crippen molar-refractivity contribution in [1.29, 1.82) is 0 Å². The molecule has 2 atom stereocenters. The number of ether oxygens (including phenoxy) is 5. The highest BCUT2D eigenvalue weighted by atomic mass is 16.8. The normalized spacial score (nSPS) is 13.4. The molecule has 1 aromatic rings. The van der Waals surface area contributed by atoms with E-state index in [0.717, 1.165) is 0 Å². The van der Waals surface area contributed by atoms with Crippen LogP contribution in [0.15, 0.2) is 18.2 Å². The number of nitrogens with two attached hydrogens (primary N) is 1. The van der Waals surface area contributed by atoms with E-state index in [1.807, 2.05) is 20.8 Å². The molecule has 1 aromatic carbocycles. The lowest BCUT2D eigenvalue weighted by Gasteiger charge is -2.24. The highest BCUT2D eigenvalue weighted by molar-refractivity contribution is 5.76. The maximum atomic E-state index is 12.4. The fourth-order valence-electron chi connectivity index (χ4n) is 2.37. The molecule has 0 heterocycles. The lowest BCUT2D eigenvalue weighted by atomic mass is 10.1. The number of benzene rings is 1. The molecule has 9 nitrogen and oxygen atoms in total. The Bertz CT molecular complexity index is 849. The van der Waals surface area contributed by atoms with Gasteiger partial charge in [-0.3, -0.25) is 4.79 Å². The van der Waals surface area contributed by atoms with Crippen LogP contribution in [-0.4, -0.2) is 41.6 Å². The largest absolute Gasteiger partial charge is 0.514 e. The molecule has 0 aliphatic heterocycles. The molecule has 0 saturated heterocycles. The van der Waals surface area contributed by atoms with Crippen LogP contribution >= 0.6 is 0 Å². The summed E-state index contributed by atoms with van der Waals surface area (Å²) in [6.07, 6.45) is -0.219. The van der Waals surface area contributed by atoms with Gasteiger partial charge >= 0.3 is 18.3 Å². The zero-order valence-corrected chi connectivity index (χ0v) is 21.6. The molecule has 9 heteroatoms. The maximum Gasteiger partial charge on any atom is 0.514 e. The van der Waals surface area contributed by atoms with Gasteiger partial charge in [0, 0.05) is 0 Å². The first-order chi connectivity index (χ1) is 15.7. The number of hydrogen-bond acceptors (Lipinski definition) is 9. The van der Waals surface area contributed by atoms with Crippen LogP contribution in [-0.2, 0) is 25.4 Å². The summed E-state index contributed by atoms with van der Waals surface area (Å²) in [5.41, 5.74) is 5.09. The van der Waals surface area contributed by atoms with Crippen LogP contribution < -0.4 is 15.2 Å². The van der Waals surface area contributed by atoms with Crippen molar-refractivity contribution < 1.29 is 38.1 Å². The van der Waals surface area contributed by atoms with Crippen molar-refractivity contribution in [3.63, 3.8) is 0 Å². The second-order valence-corrected chi connectivity index (χ2v) is 9.38. The summed E-state index contributed by atoms with van der Waals surface area (Å²) in [6.45, 7) is 14.4. The van der Waals surface area contributed by atoms with E-state index in [-0.39, 0.29) is 24.0 Å². The third kappa shape index (κ3) is 9.99. The second kappa shape index (κ2) is 12.6. The van der Waals surface area contributed by atoms with Crippen molar-refractivity contribution in [2.75, 3.05) is 0 Å². The Morgan fingerprint density at radius 1 is 0.882 bits per heavy atom. The van der Waals surface area contributed by atoms with E-state index in [9.17, 15) is 14.4 Å². The summed E-state index contributed by atoms with van der Waals surface area (Å²) in [5.74, 6) is -0.641. The van der Waals surface area contributed by atoms with E-state index < -0.39 is 35.5 Å². The fourth-order valence-corrected chi connectivity index (χ4v) is 2.37. The number of esters is 1. The predicted octanol–water partition coefficient (Wildman–Crippen LogP) is 5.31. The van der Waals surface area contributed by atoms with Crippen LogP contribution in [0.2, 0.25) is 0 Å². The first kappa shape index (κ1) is 29.2. The van der Waals surface area contributed by atoms with E-state index in [1.54, 1.807) is 40.7 Å². The molecule has 2 N–H and O–H groups in total. The monoisotopic (exact) mass is 481 g/mol. The van der Waals surface area contributed by atoms with Crippen molar-refractivity contribution in [2.24, 2.45) is 5.73 Å². The van der Waals surface area contributed by atoms with Gasteiger partial charge in [-0.2, -0.15) is 0 Å². The van der Waals surface area contributed by atoms with Crippen molar-refractivity contribution >= 4 is 18.3 Å². The lowest BCUT2D eigenvalue weighted by molar-refractivity contribution is -0.149. The molecule has 0 spiro atoms. The number of carbonyl (C=O) groups excluding carboxylic acids is 3. The minimum Gasteiger partial charge on any atom is -0.462 e. The lowest BCUT2D eigenvalue weighted by Crippen LogP contribution is -2.36. The molecule has 1 unspecified atom stereocenters. The molecule has 0 fully saturated rings. The Balaban J connectivity index is 3.12. The number of rotatable bonds is 11. The van der Waals surface area contributed by atoms with E-state index in [1.165, 1.54) is 12.1 Å². The predicted molar refractivity (Wildman–Crippen MR) is 127 cm³/mol. The Morgan fingerprint density at radius 3 is 1.85 bits per heavy atom. The summed E-state index contributed by atoms with van der Waals surface area (Å²) < 4.78 is 26.6. The Kier molecular flexibility index (Phi) is 10.8. The quantitative estimate of drug-likeness (QED) is 0.254. The second-order valence-electron chi connectivity index (χ2n) is 9.38. The molecular weight excluding hydrogens is 442 g/mol. The molecule has 0 bridgehead atoms. The van der Waals surface area contributed by atoms with Crippen LogP contribution in [0.4, 0.5) is 9.59 Å². The first-order valence-corrected chi connectivity index (χ1v) is 11.6. The Hall–Kier alpha value is -2.81. The summed E-state index contributed by atoms with van der Waals surface area (Å²) in [6, 6.07) is 3.59. The van der Waals surface area contributed by atoms with Crippen LogP contribution in [0, 0.1) is 0 Å². The van der Waals surface area contributed by atoms with Gasteiger partial charge in [0.25, 0.3) is 0 Å². The topological polar surface area (TPSA) is 123 Å². The van der Waals surface area contributed by atoms with Crippen molar-refractivity contribution in [1.82, 2.24) is 0 Å². The van der Waals surface area contributed by atoms with Crippen molar-refractivity contribution in [3.05, 3.63) is 23.8 Å². The minimum absolute atomic E-state index is 0.0392. The number of carbonyl (C=O) groups is 3. The van der Waals surface area contributed by atoms with Gasteiger partial charge in [0.2, 0.25) is 0 Å². The van der Waals surface area contributed by atoms with Gasteiger partial charge in [-0.05, 0) is 78.0 Å². The average Bonchev–Trinajstić information content (AvgIpc) is 2.74. The molecule has 1 rings (SSSR count). The van der Waals surface area contributed by atoms with E-state index >= 15 is 0 Å². The van der Waals surface area contributed by atoms with Crippen molar-refractivity contribution in [3.8, 4) is 11.5 Å². The molecule has 34 heavy (non-hydrogen) atoms. The minimum atomic E-state index is -0.961. The summed E-state index contributed by atoms with van der Waals surface area (Å²) in [4.78, 5) is 36.9. The Labute approximate surface area is 202 Å². The van der Waals surface area contributed by atoms with Gasteiger partial charge < -0.3 is 29.4 Å². The molecule has 0 saturated carbocycles. The van der Waals surface area contributed by atoms with Gasteiger partial charge in [-0.15, -0.1) is 0 Å². The maximum absolute atomic E-state index is 12.4. The van der Waals surface area contributed by atoms with Crippen LogP contribution in [0.25, 0.3) is 0 Å². The molecule has 0 aliphatic carbocycles. The van der Waals surface area contributed by atoms with Crippen LogP contribution in [0.3, 0.4) is 0 Å². The zero-order valence-electron chi connectivity index (χ0n) is 21.6. The third-order valence-corrected chi connectivity index (χ3v) is 5.47. The smallest absolute Gasteiger partial charge is 0.462 e. The molecular formula is C25H39NO8. The Morgan fingerprint density at radius 2 is 1.38 bits per heavy atom. The zero-order chi connectivity index (χ0) is 26.1. The molecule has 0 amide bonds. The van der Waals surface area contributed by atoms with Gasteiger partial charge in [0.1, 0.15) is 17.2 Å². The van der Waals surface area contributed by atoms with Gasteiger partial charge in [0.15, 0.2) is 11.5 Å². The highest BCUT2D eigenvalue weighted by Gasteiger charge is 2.26. The van der Waals surface area contributed by atoms with Crippen LogP contribution in [0.5, 0.6) is 11.5 Å². The summed E-state index contributed by atoms with van der Waals surface area (Å²) in [7, 11) is 0. The molecule has 0 radical (unpaired) electrons. The third-order valence-electron chi connectivity index (χ3n) is 5.47. The van der Waals surface area contributed by atoms with E-state index in [0.29, 0.717) is 24.8 Å². The molecule has 0 aliphatic rings. The SMILES string of the molecule is CCC(C)OC(=O)[C@@H](N)Cc1ccc(OC(=O)OC(C)(C)CC)c(OC(=O)OC(C)(C)CC)c1. The van der Waals surface area contributed by atoms with E-state index in [2.05, 4.69) is 0 Å². The first-order valence-electron chi connectivity index (χ1n) is 11.6. The van der Waals surface area contributed by atoms with Gasteiger partial charge in [-0.25, -0.2) is 9.59 Å². The molecule has 192 valence electrons. The van der Waals surface area contributed by atoms with Crippen LogP contribution in [0.1, 0.15) is 80.2 Å². The standard InChI is InChI=1S/C25H39NO8/c1-9-16(4)30-21(27)18(26)14-17-12-13-19(31-22(28)33-24(5,6)10-2)20(15-17)32-23(29)34-25(7,8)11-3/h12-13,15-16,18H,9-11,14,26H2,1-8H3/t16?,18-/m0/s1. The summed E-state index contributed by atoms with van der Waals surface area (Å²) in [5, 5.41) is 0. The van der Waals surface area contributed by atoms with Gasteiger partial charge in [0.05, 0.1) is 6.10 Å². The van der Waals surface area contributed by atoms with Gasteiger partial charge in [-0.1, -0.05) is 26.8 Å². The number of hydrogen-bond donors (Lipinski definition) is 1. The molecule has 0 aromatic heterocycles. The van der Waals surface area contributed by atoms with E-state index in [4.69, 9.17) is 29.4 Å².